The van der Waals surface area contributed by atoms with E-state index in [2.05, 4.69) is 25.6 Å². The maximum atomic E-state index is 12.7. The molecular formula is C20H25N7O. The first kappa shape index (κ1) is 18.2. The summed E-state index contributed by atoms with van der Waals surface area (Å²) in [4.78, 5) is 18.5. The highest BCUT2D eigenvalue weighted by atomic mass is 16.2. The molecule has 8 heteroatoms. The Morgan fingerprint density at radius 2 is 2.18 bits per heavy atom. The summed E-state index contributed by atoms with van der Waals surface area (Å²) in [5.74, 6) is 0.636. The van der Waals surface area contributed by atoms with E-state index in [1.807, 2.05) is 25.2 Å². The minimum atomic E-state index is -0.189. The van der Waals surface area contributed by atoms with Gasteiger partial charge in [-0.15, -0.1) is 0 Å². The SMILES string of the molecule is CN(Cc1n[nH]c2c1CCCCC2)C(=O)Nc1cc(-c2cccnc2)nn1C. The number of hydrogen-bond acceptors (Lipinski definition) is 4. The van der Waals surface area contributed by atoms with Gasteiger partial charge in [0.25, 0.3) is 0 Å². The highest BCUT2D eigenvalue weighted by Crippen LogP contribution is 2.23. The standard InChI is InChI=1S/C20H25N7O/c1-26(13-18-15-8-4-3-5-9-16(15)23-24-18)20(28)22-19-11-17(25-27(19)2)14-7-6-10-21-12-14/h6-7,10-12H,3-5,8-9,13H2,1-2H3,(H,22,28)(H,23,24). The summed E-state index contributed by atoms with van der Waals surface area (Å²) in [7, 11) is 3.59. The fraction of sp³-hybridized carbons (Fsp3) is 0.400. The molecule has 0 saturated carbocycles. The number of amides is 2. The zero-order chi connectivity index (χ0) is 19.5. The maximum absolute atomic E-state index is 12.7. The van der Waals surface area contributed by atoms with Crippen molar-refractivity contribution < 1.29 is 4.79 Å². The second-order valence-corrected chi connectivity index (χ2v) is 7.25. The Morgan fingerprint density at radius 1 is 1.32 bits per heavy atom. The van der Waals surface area contributed by atoms with Crippen molar-refractivity contribution in [3.8, 4) is 11.3 Å². The number of carbonyl (C=O) groups is 1. The third kappa shape index (κ3) is 3.76. The predicted molar refractivity (Wildman–Crippen MR) is 107 cm³/mol. The lowest BCUT2D eigenvalue weighted by molar-refractivity contribution is 0.220. The maximum Gasteiger partial charge on any atom is 0.323 e. The zero-order valence-corrected chi connectivity index (χ0v) is 16.3. The third-order valence-corrected chi connectivity index (χ3v) is 5.20. The Balaban J connectivity index is 1.44. The van der Waals surface area contributed by atoms with Gasteiger partial charge in [0.1, 0.15) is 5.82 Å². The lowest BCUT2D eigenvalue weighted by Crippen LogP contribution is -2.32. The summed E-state index contributed by atoms with van der Waals surface area (Å²) < 4.78 is 1.66. The fourth-order valence-corrected chi connectivity index (χ4v) is 3.60. The van der Waals surface area contributed by atoms with Crippen LogP contribution in [0, 0.1) is 0 Å². The van der Waals surface area contributed by atoms with E-state index < -0.39 is 0 Å². The number of aromatic nitrogens is 5. The van der Waals surface area contributed by atoms with E-state index in [9.17, 15) is 4.79 Å². The average molecular weight is 379 g/mol. The lowest BCUT2D eigenvalue weighted by Gasteiger charge is -2.17. The van der Waals surface area contributed by atoms with Crippen LogP contribution in [0.15, 0.2) is 30.6 Å². The molecule has 3 aromatic rings. The van der Waals surface area contributed by atoms with Gasteiger partial charge in [0.05, 0.1) is 17.9 Å². The van der Waals surface area contributed by atoms with Gasteiger partial charge in [-0.05, 0) is 43.4 Å². The summed E-state index contributed by atoms with van der Waals surface area (Å²) in [6.07, 6.45) is 9.19. The molecule has 3 aromatic heterocycles. The van der Waals surface area contributed by atoms with Crippen molar-refractivity contribution in [2.24, 2.45) is 7.05 Å². The first-order valence-electron chi connectivity index (χ1n) is 9.63. The van der Waals surface area contributed by atoms with Crippen LogP contribution in [-0.2, 0) is 26.4 Å². The number of pyridine rings is 1. The number of hydrogen-bond donors (Lipinski definition) is 2. The van der Waals surface area contributed by atoms with Crippen LogP contribution in [0.1, 0.15) is 36.2 Å². The Bertz CT molecular complexity index is 960. The molecule has 0 aromatic carbocycles. The van der Waals surface area contributed by atoms with Crippen LogP contribution in [-0.4, -0.2) is 42.9 Å². The molecule has 3 heterocycles. The van der Waals surface area contributed by atoms with E-state index in [1.165, 1.54) is 30.5 Å². The number of H-pyrrole nitrogens is 1. The molecule has 0 radical (unpaired) electrons. The number of urea groups is 1. The van der Waals surface area contributed by atoms with Crippen molar-refractivity contribution in [1.82, 2.24) is 29.9 Å². The minimum Gasteiger partial charge on any atom is -0.322 e. The van der Waals surface area contributed by atoms with Crippen molar-refractivity contribution in [3.05, 3.63) is 47.5 Å². The molecular weight excluding hydrogens is 354 g/mol. The van der Waals surface area contributed by atoms with E-state index in [1.54, 1.807) is 29.0 Å². The van der Waals surface area contributed by atoms with Crippen molar-refractivity contribution >= 4 is 11.8 Å². The summed E-state index contributed by atoms with van der Waals surface area (Å²) in [6, 6.07) is 5.47. The number of anilines is 1. The van der Waals surface area contributed by atoms with Gasteiger partial charge < -0.3 is 4.90 Å². The molecule has 0 unspecified atom stereocenters. The number of nitrogens with zero attached hydrogens (tertiary/aromatic N) is 5. The topological polar surface area (TPSA) is 91.7 Å². The smallest absolute Gasteiger partial charge is 0.322 e. The molecule has 0 fully saturated rings. The fourth-order valence-electron chi connectivity index (χ4n) is 3.60. The Kier molecular flexibility index (Phi) is 5.10. The molecule has 0 spiro atoms. The van der Waals surface area contributed by atoms with Gasteiger partial charge in [-0.2, -0.15) is 10.2 Å². The molecule has 1 aliphatic carbocycles. The summed E-state index contributed by atoms with van der Waals surface area (Å²) >= 11 is 0. The molecule has 4 rings (SSSR count). The van der Waals surface area contributed by atoms with Crippen LogP contribution >= 0.6 is 0 Å². The Morgan fingerprint density at radius 3 is 3.00 bits per heavy atom. The van der Waals surface area contributed by atoms with Crippen LogP contribution in [0.4, 0.5) is 10.6 Å². The van der Waals surface area contributed by atoms with Crippen LogP contribution in [0.3, 0.4) is 0 Å². The van der Waals surface area contributed by atoms with Gasteiger partial charge >= 0.3 is 6.03 Å². The Hall–Kier alpha value is -3.16. The Labute approximate surface area is 164 Å². The molecule has 1 aliphatic rings. The number of fused-ring (bicyclic) bond motifs is 1. The minimum absolute atomic E-state index is 0.189. The molecule has 0 aliphatic heterocycles. The predicted octanol–water partition coefficient (Wildman–Crippen LogP) is 3.14. The van der Waals surface area contributed by atoms with Crippen molar-refractivity contribution in [3.63, 3.8) is 0 Å². The van der Waals surface area contributed by atoms with E-state index in [0.717, 1.165) is 29.8 Å². The highest BCUT2D eigenvalue weighted by Gasteiger charge is 2.19. The molecule has 2 N–H and O–H groups in total. The number of aromatic amines is 1. The molecule has 0 bridgehead atoms. The van der Waals surface area contributed by atoms with Crippen molar-refractivity contribution in [1.29, 1.82) is 0 Å². The van der Waals surface area contributed by atoms with Gasteiger partial charge in [0.15, 0.2) is 0 Å². The monoisotopic (exact) mass is 379 g/mol. The normalized spacial score (nSPS) is 13.6. The van der Waals surface area contributed by atoms with Gasteiger partial charge in [-0.1, -0.05) is 6.42 Å². The largest absolute Gasteiger partial charge is 0.323 e. The van der Waals surface area contributed by atoms with Crippen LogP contribution in [0.25, 0.3) is 11.3 Å². The van der Waals surface area contributed by atoms with E-state index >= 15 is 0 Å². The summed E-state index contributed by atoms with van der Waals surface area (Å²) in [6.45, 7) is 0.477. The van der Waals surface area contributed by atoms with E-state index in [4.69, 9.17) is 0 Å². The lowest BCUT2D eigenvalue weighted by atomic mass is 10.1. The zero-order valence-electron chi connectivity index (χ0n) is 16.3. The second kappa shape index (κ2) is 7.84. The second-order valence-electron chi connectivity index (χ2n) is 7.25. The number of aryl methyl sites for hydroxylation is 2. The van der Waals surface area contributed by atoms with Gasteiger partial charge in [-0.3, -0.25) is 20.1 Å². The average Bonchev–Trinajstić information content (AvgIpc) is 3.16. The third-order valence-electron chi connectivity index (χ3n) is 5.20. The summed E-state index contributed by atoms with van der Waals surface area (Å²) in [5, 5.41) is 15.0. The molecule has 8 nitrogen and oxygen atoms in total. The van der Waals surface area contributed by atoms with Gasteiger partial charge in [0, 0.05) is 43.8 Å². The summed E-state index contributed by atoms with van der Waals surface area (Å²) in [5.41, 5.74) is 5.17. The van der Waals surface area contributed by atoms with Crippen molar-refractivity contribution in [2.75, 3.05) is 12.4 Å². The van der Waals surface area contributed by atoms with Crippen LogP contribution in [0.5, 0.6) is 0 Å². The first-order chi connectivity index (χ1) is 13.6. The van der Waals surface area contributed by atoms with Crippen molar-refractivity contribution in [2.45, 2.75) is 38.6 Å². The molecule has 28 heavy (non-hydrogen) atoms. The van der Waals surface area contributed by atoms with E-state index in [-0.39, 0.29) is 6.03 Å². The van der Waals surface area contributed by atoms with Crippen LogP contribution < -0.4 is 5.32 Å². The molecule has 0 saturated heterocycles. The molecule has 0 atom stereocenters. The van der Waals surface area contributed by atoms with Gasteiger partial charge in [0.2, 0.25) is 0 Å². The van der Waals surface area contributed by atoms with Crippen LogP contribution in [0.2, 0.25) is 0 Å². The number of nitrogens with one attached hydrogen (secondary N) is 2. The molecule has 2 amide bonds. The number of rotatable bonds is 4. The van der Waals surface area contributed by atoms with Gasteiger partial charge in [-0.25, -0.2) is 4.79 Å². The quantitative estimate of drug-likeness (QED) is 0.681. The highest BCUT2D eigenvalue weighted by molar-refractivity contribution is 5.88. The first-order valence-corrected chi connectivity index (χ1v) is 9.63. The van der Waals surface area contributed by atoms with E-state index in [0.29, 0.717) is 12.4 Å². The molecule has 146 valence electrons. The number of carbonyl (C=O) groups excluding carboxylic acids is 1.